The van der Waals surface area contributed by atoms with E-state index in [4.69, 9.17) is 5.11 Å². The molecule has 1 N–H and O–H groups in total. The first-order chi connectivity index (χ1) is 8.58. The fourth-order valence-electron chi connectivity index (χ4n) is 1.64. The monoisotopic (exact) mass is 242 g/mol. The molecule has 1 heterocycles. The van der Waals surface area contributed by atoms with Gasteiger partial charge in [0.2, 0.25) is 0 Å². The number of anilines is 1. The van der Waals surface area contributed by atoms with Gasteiger partial charge < -0.3 is 10.0 Å². The lowest BCUT2D eigenvalue weighted by atomic mass is 10.1. The third-order valence-electron chi connectivity index (χ3n) is 2.70. The van der Waals surface area contributed by atoms with Gasteiger partial charge in [0.25, 0.3) is 0 Å². The summed E-state index contributed by atoms with van der Waals surface area (Å²) in [5.74, 6) is -1.01. The fourth-order valence-corrected chi connectivity index (χ4v) is 1.64. The zero-order valence-corrected chi connectivity index (χ0v) is 10.3. The van der Waals surface area contributed by atoms with E-state index in [2.05, 4.69) is 4.98 Å². The van der Waals surface area contributed by atoms with E-state index in [1.54, 1.807) is 12.3 Å². The van der Waals surface area contributed by atoms with Gasteiger partial charge in [0.1, 0.15) is 5.69 Å². The second-order valence-electron chi connectivity index (χ2n) is 4.18. The van der Waals surface area contributed by atoms with E-state index in [1.165, 1.54) is 6.07 Å². The fraction of sp³-hybridized carbons (Fsp3) is 0.143. The second kappa shape index (κ2) is 4.87. The van der Waals surface area contributed by atoms with Crippen LogP contribution in [0.2, 0.25) is 0 Å². The minimum atomic E-state index is -1.01. The molecule has 0 saturated carbocycles. The molecule has 0 radical (unpaired) electrons. The number of carboxylic acid groups (broad SMARTS) is 1. The molecular weight excluding hydrogens is 228 g/mol. The lowest BCUT2D eigenvalue weighted by Crippen LogP contribution is -2.07. The van der Waals surface area contributed by atoms with Gasteiger partial charge in [0.05, 0.1) is 0 Å². The Morgan fingerprint density at radius 2 is 1.67 bits per heavy atom. The molecule has 18 heavy (non-hydrogen) atoms. The van der Waals surface area contributed by atoms with Crippen molar-refractivity contribution in [2.24, 2.45) is 0 Å². The van der Waals surface area contributed by atoms with Gasteiger partial charge in [0, 0.05) is 31.5 Å². The predicted octanol–water partition coefficient (Wildman–Crippen LogP) is 2.51. The van der Waals surface area contributed by atoms with Crippen molar-refractivity contribution in [1.29, 1.82) is 0 Å². The topological polar surface area (TPSA) is 53.4 Å². The molecule has 2 aromatic rings. The van der Waals surface area contributed by atoms with E-state index in [-0.39, 0.29) is 5.69 Å². The average Bonchev–Trinajstić information content (AvgIpc) is 2.39. The maximum absolute atomic E-state index is 10.7. The molecule has 0 unspecified atom stereocenters. The Morgan fingerprint density at radius 3 is 2.11 bits per heavy atom. The number of pyridine rings is 1. The molecule has 0 bridgehead atoms. The highest BCUT2D eigenvalue weighted by atomic mass is 16.4. The number of hydrogen-bond donors (Lipinski definition) is 1. The van der Waals surface area contributed by atoms with Gasteiger partial charge in [-0.2, -0.15) is 0 Å². The Morgan fingerprint density at radius 1 is 1.06 bits per heavy atom. The van der Waals surface area contributed by atoms with E-state index in [1.807, 2.05) is 43.3 Å². The third-order valence-corrected chi connectivity index (χ3v) is 2.70. The lowest BCUT2D eigenvalue weighted by molar-refractivity contribution is 0.0690. The first-order valence-corrected chi connectivity index (χ1v) is 5.55. The number of aromatic carboxylic acids is 1. The van der Waals surface area contributed by atoms with E-state index < -0.39 is 5.97 Å². The standard InChI is InChI=1S/C14H14N2O2/c1-16(2)12-6-3-10(4-7-12)11-5-8-13(14(17)18)15-9-11/h3-9H,1-2H3,(H,17,18). The molecule has 0 aliphatic carbocycles. The number of rotatable bonds is 3. The highest BCUT2D eigenvalue weighted by Gasteiger charge is 2.05. The van der Waals surface area contributed by atoms with Crippen molar-refractivity contribution in [2.75, 3.05) is 19.0 Å². The van der Waals surface area contributed by atoms with Gasteiger partial charge in [-0.3, -0.25) is 0 Å². The number of aromatic nitrogens is 1. The van der Waals surface area contributed by atoms with Crippen molar-refractivity contribution in [3.63, 3.8) is 0 Å². The third kappa shape index (κ3) is 2.48. The molecule has 0 atom stereocenters. The van der Waals surface area contributed by atoms with Crippen LogP contribution in [-0.2, 0) is 0 Å². The number of benzene rings is 1. The van der Waals surface area contributed by atoms with Gasteiger partial charge in [-0.25, -0.2) is 9.78 Å². The van der Waals surface area contributed by atoms with Crippen LogP contribution in [-0.4, -0.2) is 30.2 Å². The van der Waals surface area contributed by atoms with Crippen LogP contribution in [0, 0.1) is 0 Å². The van der Waals surface area contributed by atoms with Gasteiger partial charge in [0.15, 0.2) is 0 Å². The summed E-state index contributed by atoms with van der Waals surface area (Å²) in [5.41, 5.74) is 3.10. The van der Waals surface area contributed by atoms with Gasteiger partial charge >= 0.3 is 5.97 Å². The number of carbonyl (C=O) groups is 1. The minimum Gasteiger partial charge on any atom is -0.477 e. The smallest absolute Gasteiger partial charge is 0.354 e. The maximum Gasteiger partial charge on any atom is 0.354 e. The van der Waals surface area contributed by atoms with Gasteiger partial charge in [-0.05, 0) is 23.8 Å². The summed E-state index contributed by atoms with van der Waals surface area (Å²) in [4.78, 5) is 16.6. The SMILES string of the molecule is CN(C)c1ccc(-c2ccc(C(=O)O)nc2)cc1. The first-order valence-electron chi connectivity index (χ1n) is 5.55. The van der Waals surface area contributed by atoms with Crippen LogP contribution in [0.15, 0.2) is 42.6 Å². The summed E-state index contributed by atoms with van der Waals surface area (Å²) >= 11 is 0. The molecule has 92 valence electrons. The lowest BCUT2D eigenvalue weighted by Gasteiger charge is -2.12. The molecule has 0 fully saturated rings. The van der Waals surface area contributed by atoms with Crippen LogP contribution in [0.1, 0.15) is 10.5 Å². The molecule has 0 spiro atoms. The van der Waals surface area contributed by atoms with Crippen LogP contribution in [0.25, 0.3) is 11.1 Å². The molecule has 1 aromatic carbocycles. The number of hydrogen-bond acceptors (Lipinski definition) is 3. The molecule has 1 aromatic heterocycles. The summed E-state index contributed by atoms with van der Waals surface area (Å²) < 4.78 is 0. The molecule has 4 heteroatoms. The predicted molar refractivity (Wildman–Crippen MR) is 71.0 cm³/mol. The summed E-state index contributed by atoms with van der Waals surface area (Å²) in [7, 11) is 3.97. The zero-order valence-electron chi connectivity index (χ0n) is 10.3. The quantitative estimate of drug-likeness (QED) is 0.898. The normalized spacial score (nSPS) is 10.1. The van der Waals surface area contributed by atoms with Crippen LogP contribution < -0.4 is 4.90 Å². The first kappa shape index (κ1) is 12.1. The van der Waals surface area contributed by atoms with Crippen LogP contribution in [0.5, 0.6) is 0 Å². The molecular formula is C14H14N2O2. The Bertz CT molecular complexity index is 545. The van der Waals surface area contributed by atoms with Crippen LogP contribution in [0.3, 0.4) is 0 Å². The summed E-state index contributed by atoms with van der Waals surface area (Å²) in [6.07, 6.45) is 1.58. The van der Waals surface area contributed by atoms with Crippen molar-refractivity contribution in [1.82, 2.24) is 4.98 Å². The summed E-state index contributed by atoms with van der Waals surface area (Å²) in [6.45, 7) is 0. The van der Waals surface area contributed by atoms with Gasteiger partial charge in [-0.1, -0.05) is 18.2 Å². The highest BCUT2D eigenvalue weighted by molar-refractivity contribution is 5.85. The summed E-state index contributed by atoms with van der Waals surface area (Å²) in [5, 5.41) is 8.78. The minimum absolute atomic E-state index is 0.0589. The Kier molecular flexibility index (Phi) is 3.28. The molecule has 0 amide bonds. The maximum atomic E-state index is 10.7. The largest absolute Gasteiger partial charge is 0.477 e. The molecule has 4 nitrogen and oxygen atoms in total. The van der Waals surface area contributed by atoms with Gasteiger partial charge in [-0.15, -0.1) is 0 Å². The van der Waals surface area contributed by atoms with E-state index in [0.29, 0.717) is 0 Å². The average molecular weight is 242 g/mol. The Hall–Kier alpha value is -2.36. The van der Waals surface area contributed by atoms with Crippen LogP contribution in [0.4, 0.5) is 5.69 Å². The molecule has 0 aliphatic rings. The Labute approximate surface area is 106 Å². The molecule has 2 rings (SSSR count). The van der Waals surface area contributed by atoms with Crippen molar-refractivity contribution in [2.45, 2.75) is 0 Å². The number of nitrogens with zero attached hydrogens (tertiary/aromatic N) is 2. The van der Waals surface area contributed by atoms with Crippen molar-refractivity contribution in [3.8, 4) is 11.1 Å². The zero-order chi connectivity index (χ0) is 13.1. The van der Waals surface area contributed by atoms with E-state index in [0.717, 1.165) is 16.8 Å². The Balaban J connectivity index is 2.28. The van der Waals surface area contributed by atoms with E-state index in [9.17, 15) is 4.79 Å². The van der Waals surface area contributed by atoms with Crippen LogP contribution >= 0.6 is 0 Å². The second-order valence-corrected chi connectivity index (χ2v) is 4.18. The molecule has 0 aliphatic heterocycles. The molecule has 0 saturated heterocycles. The van der Waals surface area contributed by atoms with E-state index >= 15 is 0 Å². The van der Waals surface area contributed by atoms with Crippen molar-refractivity contribution in [3.05, 3.63) is 48.3 Å². The highest BCUT2D eigenvalue weighted by Crippen LogP contribution is 2.21. The summed E-state index contributed by atoms with van der Waals surface area (Å²) in [6, 6.07) is 11.3. The van der Waals surface area contributed by atoms with Crippen molar-refractivity contribution < 1.29 is 9.90 Å². The number of carboxylic acids is 1. The van der Waals surface area contributed by atoms with Crippen molar-refractivity contribution >= 4 is 11.7 Å².